The number of halogens is 2. The van der Waals surface area contributed by atoms with Gasteiger partial charge in [0, 0.05) is 17.4 Å². The lowest BCUT2D eigenvalue weighted by atomic mass is 10.1. The molecule has 0 saturated carbocycles. The molecule has 1 N–H and O–H groups in total. The molecule has 4 nitrogen and oxygen atoms in total. The van der Waals surface area contributed by atoms with E-state index in [1.165, 1.54) is 24.3 Å². The van der Waals surface area contributed by atoms with Gasteiger partial charge in [-0.05, 0) is 42.0 Å². The van der Waals surface area contributed by atoms with E-state index < -0.39 is 11.8 Å². The molecule has 23 heavy (non-hydrogen) atoms. The van der Waals surface area contributed by atoms with Crippen LogP contribution in [0.3, 0.4) is 0 Å². The van der Waals surface area contributed by atoms with Crippen molar-refractivity contribution in [3.63, 3.8) is 0 Å². The van der Waals surface area contributed by atoms with E-state index >= 15 is 0 Å². The number of fused-ring (bicyclic) bond motifs is 1. The van der Waals surface area contributed by atoms with E-state index in [0.717, 1.165) is 0 Å². The maximum Gasteiger partial charge on any atom is 0.335 e. The number of carboxylic acid groups (broad SMARTS) is 1. The Bertz CT molecular complexity index is 973. The van der Waals surface area contributed by atoms with Crippen molar-refractivity contribution in [3.8, 4) is 6.07 Å². The molecule has 0 atom stereocenters. The van der Waals surface area contributed by atoms with Gasteiger partial charge >= 0.3 is 5.97 Å². The molecule has 2 aromatic carbocycles. The van der Waals surface area contributed by atoms with Gasteiger partial charge in [-0.25, -0.2) is 9.18 Å². The zero-order valence-corrected chi connectivity index (χ0v) is 12.5. The number of hydrogen-bond acceptors (Lipinski definition) is 2. The summed E-state index contributed by atoms with van der Waals surface area (Å²) in [6, 6.07) is 12.8. The summed E-state index contributed by atoms with van der Waals surface area (Å²) in [5.74, 6) is -1.55. The van der Waals surface area contributed by atoms with Crippen LogP contribution in [0.25, 0.3) is 10.9 Å². The molecule has 6 heteroatoms. The summed E-state index contributed by atoms with van der Waals surface area (Å²) in [5, 5.41) is 19.0. The van der Waals surface area contributed by atoms with E-state index in [-0.39, 0.29) is 17.1 Å². The molecular formula is C17H10ClFN2O2. The Labute approximate surface area is 136 Å². The lowest BCUT2D eigenvalue weighted by Gasteiger charge is -2.08. The van der Waals surface area contributed by atoms with Gasteiger partial charge in [-0.2, -0.15) is 5.26 Å². The van der Waals surface area contributed by atoms with Gasteiger partial charge < -0.3 is 9.67 Å². The zero-order chi connectivity index (χ0) is 16.6. The van der Waals surface area contributed by atoms with Crippen LogP contribution in [0.2, 0.25) is 5.02 Å². The molecule has 0 spiro atoms. The van der Waals surface area contributed by atoms with E-state index in [9.17, 15) is 14.4 Å². The van der Waals surface area contributed by atoms with E-state index in [0.29, 0.717) is 22.2 Å². The normalized spacial score (nSPS) is 10.7. The van der Waals surface area contributed by atoms with Gasteiger partial charge in [-0.15, -0.1) is 0 Å². The second kappa shape index (κ2) is 5.75. The van der Waals surface area contributed by atoms with Crippen LogP contribution >= 0.6 is 11.6 Å². The van der Waals surface area contributed by atoms with Crippen molar-refractivity contribution >= 4 is 28.5 Å². The van der Waals surface area contributed by atoms with Gasteiger partial charge in [0.2, 0.25) is 0 Å². The van der Waals surface area contributed by atoms with Crippen LogP contribution < -0.4 is 0 Å². The fourth-order valence-corrected chi connectivity index (χ4v) is 2.61. The molecule has 0 aliphatic carbocycles. The first kappa shape index (κ1) is 15.1. The lowest BCUT2D eigenvalue weighted by molar-refractivity contribution is 0.0697. The van der Waals surface area contributed by atoms with E-state index in [2.05, 4.69) is 6.07 Å². The topological polar surface area (TPSA) is 66.0 Å². The summed E-state index contributed by atoms with van der Waals surface area (Å²) < 4.78 is 15.3. The molecule has 0 amide bonds. The van der Waals surface area contributed by atoms with Gasteiger partial charge in [0.05, 0.1) is 10.6 Å². The second-order valence-corrected chi connectivity index (χ2v) is 5.46. The Morgan fingerprint density at radius 1 is 1.26 bits per heavy atom. The average molecular weight is 329 g/mol. The molecule has 0 aliphatic rings. The Kier molecular flexibility index (Phi) is 3.77. The highest BCUT2D eigenvalue weighted by molar-refractivity contribution is 6.30. The number of nitrogens with zero attached hydrogens (tertiary/aromatic N) is 2. The smallest absolute Gasteiger partial charge is 0.335 e. The fraction of sp³-hybridized carbons (Fsp3) is 0.0588. The number of aromatic carboxylic acids is 1. The van der Waals surface area contributed by atoms with Crippen molar-refractivity contribution in [2.24, 2.45) is 0 Å². The van der Waals surface area contributed by atoms with E-state index in [4.69, 9.17) is 16.7 Å². The maximum atomic E-state index is 13.6. The Morgan fingerprint density at radius 2 is 2.04 bits per heavy atom. The minimum absolute atomic E-state index is 0.0396. The molecule has 114 valence electrons. The molecule has 0 saturated heterocycles. The van der Waals surface area contributed by atoms with Crippen molar-refractivity contribution in [2.45, 2.75) is 6.54 Å². The van der Waals surface area contributed by atoms with Crippen molar-refractivity contribution in [3.05, 3.63) is 70.1 Å². The molecule has 3 aromatic rings. The summed E-state index contributed by atoms with van der Waals surface area (Å²) in [6.45, 7) is 0.285. The van der Waals surface area contributed by atoms with Crippen LogP contribution in [0.15, 0.2) is 42.5 Å². The molecule has 1 heterocycles. The van der Waals surface area contributed by atoms with Crippen molar-refractivity contribution < 1.29 is 14.3 Å². The lowest BCUT2D eigenvalue weighted by Crippen LogP contribution is -2.03. The van der Waals surface area contributed by atoms with Crippen molar-refractivity contribution in [1.29, 1.82) is 5.26 Å². The molecule has 1 aromatic heterocycles. The van der Waals surface area contributed by atoms with E-state index in [1.54, 1.807) is 22.8 Å². The zero-order valence-electron chi connectivity index (χ0n) is 11.8. The molecule has 0 radical (unpaired) electrons. The van der Waals surface area contributed by atoms with Crippen LogP contribution in [0.1, 0.15) is 21.6 Å². The minimum atomic E-state index is -1.03. The highest BCUT2D eigenvalue weighted by Crippen LogP contribution is 2.24. The number of benzene rings is 2. The van der Waals surface area contributed by atoms with Gasteiger partial charge in [0.1, 0.15) is 17.6 Å². The van der Waals surface area contributed by atoms with Crippen LogP contribution in [0, 0.1) is 17.1 Å². The first-order chi connectivity index (χ1) is 11.0. The van der Waals surface area contributed by atoms with Crippen LogP contribution in [-0.4, -0.2) is 15.6 Å². The quantitative estimate of drug-likeness (QED) is 0.788. The van der Waals surface area contributed by atoms with Crippen LogP contribution in [0.5, 0.6) is 0 Å². The summed E-state index contributed by atoms with van der Waals surface area (Å²) in [7, 11) is 0. The third kappa shape index (κ3) is 2.77. The predicted octanol–water partition coefficient (Wildman–Crippen LogP) is 4.05. The standard InChI is InChI=1S/C17H10ClFN2O2/c18-14-3-1-10(5-15(14)19)9-21-13(8-20)7-12-6-11(17(22)23)2-4-16(12)21/h1-7H,9H2,(H,22,23). The minimum Gasteiger partial charge on any atom is -0.478 e. The molecular weight excluding hydrogens is 319 g/mol. The van der Waals surface area contributed by atoms with Crippen molar-refractivity contribution in [1.82, 2.24) is 4.57 Å². The number of hydrogen-bond donors (Lipinski definition) is 1. The number of carbonyl (C=O) groups is 1. The van der Waals surface area contributed by atoms with Gasteiger partial charge in [0.15, 0.2) is 0 Å². The first-order valence-electron chi connectivity index (χ1n) is 6.70. The number of rotatable bonds is 3. The van der Waals surface area contributed by atoms with Crippen LogP contribution in [-0.2, 0) is 6.54 Å². The largest absolute Gasteiger partial charge is 0.478 e. The third-order valence-electron chi connectivity index (χ3n) is 3.59. The SMILES string of the molecule is N#Cc1cc2cc(C(=O)O)ccc2n1Cc1ccc(Cl)c(F)c1. The number of aromatic nitrogens is 1. The van der Waals surface area contributed by atoms with Gasteiger partial charge in [0.25, 0.3) is 0 Å². The molecule has 0 bridgehead atoms. The Morgan fingerprint density at radius 3 is 2.70 bits per heavy atom. The first-order valence-corrected chi connectivity index (χ1v) is 7.08. The summed E-state index contributed by atoms with van der Waals surface area (Å²) >= 11 is 5.67. The number of nitriles is 1. The van der Waals surface area contributed by atoms with E-state index in [1.807, 2.05) is 0 Å². The highest BCUT2D eigenvalue weighted by atomic mass is 35.5. The highest BCUT2D eigenvalue weighted by Gasteiger charge is 2.12. The van der Waals surface area contributed by atoms with Gasteiger partial charge in [-0.3, -0.25) is 0 Å². The number of carboxylic acids is 1. The van der Waals surface area contributed by atoms with Gasteiger partial charge in [-0.1, -0.05) is 17.7 Å². The summed E-state index contributed by atoms with van der Waals surface area (Å²) in [5.41, 5.74) is 1.89. The molecule has 0 fully saturated rings. The van der Waals surface area contributed by atoms with Crippen molar-refractivity contribution in [2.75, 3.05) is 0 Å². The molecule has 0 unspecified atom stereocenters. The Hall–Kier alpha value is -2.84. The average Bonchev–Trinajstić information content (AvgIpc) is 2.88. The third-order valence-corrected chi connectivity index (χ3v) is 3.89. The predicted molar refractivity (Wildman–Crippen MR) is 84.1 cm³/mol. The summed E-state index contributed by atoms with van der Waals surface area (Å²) in [6.07, 6.45) is 0. The monoisotopic (exact) mass is 328 g/mol. The summed E-state index contributed by atoms with van der Waals surface area (Å²) in [4.78, 5) is 11.0. The second-order valence-electron chi connectivity index (χ2n) is 5.05. The fourth-order valence-electron chi connectivity index (χ4n) is 2.49. The maximum absolute atomic E-state index is 13.6. The Balaban J connectivity index is 2.10. The molecule has 3 rings (SSSR count). The van der Waals surface area contributed by atoms with Crippen LogP contribution in [0.4, 0.5) is 4.39 Å². The molecule has 0 aliphatic heterocycles.